The van der Waals surface area contributed by atoms with Gasteiger partial charge in [0.1, 0.15) is 17.0 Å². The molecule has 0 saturated carbocycles. The largest absolute Gasteiger partial charge is 0.455 e. The van der Waals surface area contributed by atoms with Crippen LogP contribution in [-0.2, 0) is 5.41 Å². The van der Waals surface area contributed by atoms with E-state index in [9.17, 15) is 0 Å². The summed E-state index contributed by atoms with van der Waals surface area (Å²) in [6, 6.07) is 51.3. The molecular weight excluding hydrogens is 599 g/mol. The minimum Gasteiger partial charge on any atom is -0.455 e. The molecular formula is C45H31N3O. The molecule has 2 aromatic heterocycles. The van der Waals surface area contributed by atoms with E-state index < -0.39 is 0 Å². The Labute approximate surface area is 283 Å². The van der Waals surface area contributed by atoms with E-state index in [4.69, 9.17) is 14.4 Å². The Morgan fingerprint density at radius 3 is 2.04 bits per heavy atom. The van der Waals surface area contributed by atoms with Gasteiger partial charge in [-0.25, -0.2) is 9.97 Å². The molecule has 1 N–H and O–H groups in total. The molecule has 0 amide bonds. The van der Waals surface area contributed by atoms with Crippen LogP contribution in [-0.4, -0.2) is 9.97 Å². The van der Waals surface area contributed by atoms with Crippen molar-refractivity contribution in [1.82, 2.24) is 9.97 Å². The van der Waals surface area contributed by atoms with Crippen molar-refractivity contribution >= 4 is 55.0 Å². The first-order valence-corrected chi connectivity index (χ1v) is 16.8. The first-order valence-electron chi connectivity index (χ1n) is 16.8. The van der Waals surface area contributed by atoms with E-state index in [1.54, 1.807) is 0 Å². The Bertz CT molecular complexity index is 2790. The minimum atomic E-state index is -0.325. The quantitative estimate of drug-likeness (QED) is 0.210. The third-order valence-corrected chi connectivity index (χ3v) is 10.3. The molecule has 0 fully saturated rings. The first-order chi connectivity index (χ1) is 24.0. The van der Waals surface area contributed by atoms with E-state index >= 15 is 0 Å². The summed E-state index contributed by atoms with van der Waals surface area (Å²) in [5, 5.41) is 10.8. The summed E-state index contributed by atoms with van der Waals surface area (Å²) in [7, 11) is 0. The summed E-state index contributed by atoms with van der Waals surface area (Å²) in [4.78, 5) is 10.7. The van der Waals surface area contributed by atoms with Crippen molar-refractivity contribution in [2.45, 2.75) is 19.3 Å². The fraction of sp³-hybridized carbons (Fsp3) is 0.0667. The third-order valence-electron chi connectivity index (χ3n) is 10.3. The van der Waals surface area contributed by atoms with E-state index in [0.717, 1.165) is 66.8 Å². The topological polar surface area (TPSA) is 51.0 Å². The van der Waals surface area contributed by atoms with Gasteiger partial charge < -0.3 is 9.73 Å². The lowest BCUT2D eigenvalue weighted by Crippen LogP contribution is -2.18. The lowest BCUT2D eigenvalue weighted by molar-refractivity contribution is 0.658. The van der Waals surface area contributed by atoms with E-state index in [-0.39, 0.29) is 5.41 Å². The predicted octanol–water partition coefficient (Wildman–Crippen LogP) is 12.1. The maximum absolute atomic E-state index is 6.49. The summed E-state index contributed by atoms with van der Waals surface area (Å²) in [5.74, 6) is 1.43. The molecule has 4 nitrogen and oxygen atoms in total. The molecule has 49 heavy (non-hydrogen) atoms. The van der Waals surface area contributed by atoms with Crippen molar-refractivity contribution in [3.63, 3.8) is 0 Å². The maximum atomic E-state index is 6.49. The van der Waals surface area contributed by atoms with Gasteiger partial charge in [-0.05, 0) is 56.9 Å². The van der Waals surface area contributed by atoms with Gasteiger partial charge in [-0.3, -0.25) is 0 Å². The second kappa shape index (κ2) is 10.4. The van der Waals surface area contributed by atoms with Crippen LogP contribution in [0.2, 0.25) is 0 Å². The van der Waals surface area contributed by atoms with Crippen LogP contribution in [0.25, 0.3) is 77.3 Å². The SMILES string of the molecule is CC1(C)c2ccccc2-c2nc(-c3cccc4c3oc3ccccc34)nc(Nc3cc4ccccc4cc3-c3cccc4ccccc34)c21. The third kappa shape index (κ3) is 4.17. The normalized spacial score (nSPS) is 13.3. The molecule has 232 valence electrons. The number of benzene rings is 7. The smallest absolute Gasteiger partial charge is 0.165 e. The van der Waals surface area contributed by atoms with Gasteiger partial charge in [-0.2, -0.15) is 0 Å². The Morgan fingerprint density at radius 1 is 0.531 bits per heavy atom. The molecule has 0 radical (unpaired) electrons. The Kier molecular flexibility index (Phi) is 5.89. The van der Waals surface area contributed by atoms with Crippen LogP contribution in [0.1, 0.15) is 25.0 Å². The van der Waals surface area contributed by atoms with Crippen molar-refractivity contribution < 1.29 is 4.42 Å². The molecule has 0 atom stereocenters. The van der Waals surface area contributed by atoms with Crippen molar-refractivity contribution in [3.05, 3.63) is 157 Å². The number of rotatable bonds is 4. The monoisotopic (exact) mass is 629 g/mol. The zero-order valence-electron chi connectivity index (χ0n) is 27.2. The van der Waals surface area contributed by atoms with Crippen molar-refractivity contribution in [3.8, 4) is 33.8 Å². The summed E-state index contributed by atoms with van der Waals surface area (Å²) in [5.41, 5.74) is 9.91. The molecule has 0 saturated heterocycles. The van der Waals surface area contributed by atoms with Crippen molar-refractivity contribution in [2.24, 2.45) is 0 Å². The number of hydrogen-bond donors (Lipinski definition) is 1. The number of furan rings is 1. The Morgan fingerprint density at radius 2 is 1.16 bits per heavy atom. The molecule has 7 aromatic carbocycles. The van der Waals surface area contributed by atoms with Gasteiger partial charge >= 0.3 is 0 Å². The summed E-state index contributed by atoms with van der Waals surface area (Å²) in [6.07, 6.45) is 0. The van der Waals surface area contributed by atoms with Crippen LogP contribution in [0, 0.1) is 0 Å². The summed E-state index contributed by atoms with van der Waals surface area (Å²) < 4.78 is 6.49. The second-order valence-electron chi connectivity index (χ2n) is 13.5. The minimum absolute atomic E-state index is 0.325. The number of fused-ring (bicyclic) bond motifs is 8. The van der Waals surface area contributed by atoms with Crippen LogP contribution in [0.4, 0.5) is 11.5 Å². The molecule has 4 heteroatoms. The van der Waals surface area contributed by atoms with Crippen molar-refractivity contribution in [1.29, 1.82) is 0 Å². The number of nitrogens with one attached hydrogen (secondary N) is 1. The van der Waals surface area contributed by atoms with Gasteiger partial charge in [0.15, 0.2) is 5.82 Å². The van der Waals surface area contributed by atoms with Gasteiger partial charge in [-0.1, -0.05) is 135 Å². The molecule has 2 heterocycles. The molecule has 1 aliphatic rings. The molecule has 0 unspecified atom stereocenters. The maximum Gasteiger partial charge on any atom is 0.165 e. The van der Waals surface area contributed by atoms with Crippen molar-refractivity contribution in [2.75, 3.05) is 5.32 Å². The molecule has 0 bridgehead atoms. The predicted molar refractivity (Wildman–Crippen MR) is 202 cm³/mol. The zero-order valence-corrected chi connectivity index (χ0v) is 27.2. The Balaban J connectivity index is 1.25. The van der Waals surface area contributed by atoms with Crippen LogP contribution >= 0.6 is 0 Å². The summed E-state index contributed by atoms with van der Waals surface area (Å²) in [6.45, 7) is 4.55. The molecule has 10 rings (SSSR count). The van der Waals surface area contributed by atoms with Gasteiger partial charge in [0.2, 0.25) is 0 Å². The van der Waals surface area contributed by atoms with Crippen LogP contribution < -0.4 is 5.32 Å². The molecule has 0 aliphatic heterocycles. The number of hydrogen-bond acceptors (Lipinski definition) is 4. The Hall–Kier alpha value is -6.26. The standard InChI is InChI=1S/C45H31N3O/c1-45(2)37-23-9-7-19-34(37)41-40(45)44(48-43(47-41)35-22-12-21-33-32-18-8-10-24-39(32)49-42(33)35)46-38-26-29-15-4-3-14-28(29)25-36(38)31-20-11-16-27-13-5-6-17-30(27)31/h3-26H,1-2H3,(H,46,47,48). The lowest BCUT2D eigenvalue weighted by atomic mass is 9.82. The average Bonchev–Trinajstić information content (AvgIpc) is 3.63. The van der Waals surface area contributed by atoms with Gasteiger partial charge in [0, 0.05) is 38.6 Å². The highest BCUT2D eigenvalue weighted by Crippen LogP contribution is 2.52. The van der Waals surface area contributed by atoms with Crippen LogP contribution in [0.5, 0.6) is 0 Å². The second-order valence-corrected chi connectivity index (χ2v) is 13.5. The fourth-order valence-corrected chi connectivity index (χ4v) is 7.91. The van der Waals surface area contributed by atoms with E-state index in [1.165, 1.54) is 27.3 Å². The number of para-hydroxylation sites is 2. The van der Waals surface area contributed by atoms with Gasteiger partial charge in [-0.15, -0.1) is 0 Å². The lowest BCUT2D eigenvalue weighted by Gasteiger charge is -2.25. The highest BCUT2D eigenvalue weighted by atomic mass is 16.3. The fourth-order valence-electron chi connectivity index (χ4n) is 7.91. The first kappa shape index (κ1) is 27.8. The number of aromatic nitrogens is 2. The van der Waals surface area contributed by atoms with E-state index in [1.807, 2.05) is 18.2 Å². The molecule has 1 aliphatic carbocycles. The molecule has 9 aromatic rings. The van der Waals surface area contributed by atoms with E-state index in [2.05, 4.69) is 147 Å². The van der Waals surface area contributed by atoms with E-state index in [0.29, 0.717) is 5.82 Å². The number of anilines is 2. The van der Waals surface area contributed by atoms with Crippen LogP contribution in [0.15, 0.2) is 150 Å². The highest BCUT2D eigenvalue weighted by Gasteiger charge is 2.40. The van der Waals surface area contributed by atoms with Gasteiger partial charge in [0.25, 0.3) is 0 Å². The van der Waals surface area contributed by atoms with Gasteiger partial charge in [0.05, 0.1) is 11.3 Å². The highest BCUT2D eigenvalue weighted by molar-refractivity contribution is 6.09. The number of nitrogens with zero attached hydrogens (tertiary/aromatic N) is 2. The average molecular weight is 630 g/mol. The zero-order chi connectivity index (χ0) is 32.7. The summed E-state index contributed by atoms with van der Waals surface area (Å²) >= 11 is 0. The van der Waals surface area contributed by atoms with Crippen LogP contribution in [0.3, 0.4) is 0 Å². The molecule has 0 spiro atoms.